The van der Waals surface area contributed by atoms with Crippen LogP contribution >= 0.6 is 0 Å². The van der Waals surface area contributed by atoms with Crippen molar-refractivity contribution in [3.63, 3.8) is 0 Å². The van der Waals surface area contributed by atoms with Gasteiger partial charge in [0.05, 0.1) is 5.52 Å². The molecule has 0 fully saturated rings. The maximum Gasteiger partial charge on any atom is 0.143 e. The third-order valence-electron chi connectivity index (χ3n) is 3.40. The van der Waals surface area contributed by atoms with E-state index in [-0.39, 0.29) is 11.8 Å². The zero-order valence-electron chi connectivity index (χ0n) is 11.8. The summed E-state index contributed by atoms with van der Waals surface area (Å²) in [7, 11) is 0. The Labute approximate surface area is 118 Å². The average molecular weight is 272 g/mol. The lowest BCUT2D eigenvalue weighted by molar-refractivity contribution is 0.314. The molecule has 1 aromatic carbocycles. The topological polar surface area (TPSA) is 74.7 Å². The van der Waals surface area contributed by atoms with Crippen LogP contribution in [-0.2, 0) is 0 Å². The molecular formula is C15H20N4O. The Bertz CT molecular complexity index is 612. The van der Waals surface area contributed by atoms with E-state index in [0.29, 0.717) is 6.54 Å². The Hall–Kier alpha value is -2.30. The van der Waals surface area contributed by atoms with Crippen LogP contribution in [0.4, 0.5) is 5.82 Å². The SMILES string of the molecule is CCN(CC(C)C(N)=NO)c1ccc2ccccc2n1. The van der Waals surface area contributed by atoms with Gasteiger partial charge in [-0.05, 0) is 25.1 Å². The first-order valence-electron chi connectivity index (χ1n) is 6.73. The van der Waals surface area contributed by atoms with E-state index in [4.69, 9.17) is 10.9 Å². The third-order valence-corrected chi connectivity index (χ3v) is 3.40. The monoisotopic (exact) mass is 272 g/mol. The molecule has 2 aromatic rings. The van der Waals surface area contributed by atoms with Crippen LogP contribution < -0.4 is 10.6 Å². The Morgan fingerprint density at radius 1 is 1.35 bits per heavy atom. The van der Waals surface area contributed by atoms with Gasteiger partial charge >= 0.3 is 0 Å². The van der Waals surface area contributed by atoms with Gasteiger partial charge < -0.3 is 15.8 Å². The minimum absolute atomic E-state index is 0.0341. The van der Waals surface area contributed by atoms with Crippen LogP contribution in [0.25, 0.3) is 10.9 Å². The maximum absolute atomic E-state index is 8.73. The molecule has 0 aliphatic rings. The predicted octanol–water partition coefficient (Wildman–Crippen LogP) is 2.44. The van der Waals surface area contributed by atoms with Crippen molar-refractivity contribution in [2.45, 2.75) is 13.8 Å². The van der Waals surface area contributed by atoms with E-state index in [1.165, 1.54) is 0 Å². The van der Waals surface area contributed by atoms with Gasteiger partial charge in [-0.3, -0.25) is 0 Å². The van der Waals surface area contributed by atoms with Crippen molar-refractivity contribution in [1.29, 1.82) is 0 Å². The van der Waals surface area contributed by atoms with Gasteiger partial charge in [-0.2, -0.15) is 0 Å². The Kier molecular flexibility index (Phi) is 4.40. The van der Waals surface area contributed by atoms with Crippen molar-refractivity contribution in [2.75, 3.05) is 18.0 Å². The molecule has 0 radical (unpaired) electrons. The smallest absolute Gasteiger partial charge is 0.143 e. The lowest BCUT2D eigenvalue weighted by Crippen LogP contribution is -2.35. The van der Waals surface area contributed by atoms with Crippen LogP contribution in [0.1, 0.15) is 13.8 Å². The Morgan fingerprint density at radius 3 is 2.80 bits per heavy atom. The van der Waals surface area contributed by atoms with Crippen LogP contribution in [0.3, 0.4) is 0 Å². The number of pyridine rings is 1. The zero-order valence-corrected chi connectivity index (χ0v) is 11.8. The molecule has 5 heteroatoms. The van der Waals surface area contributed by atoms with E-state index in [1.54, 1.807) is 0 Å². The molecule has 0 saturated carbocycles. The molecule has 20 heavy (non-hydrogen) atoms. The molecule has 1 aromatic heterocycles. The maximum atomic E-state index is 8.73. The highest BCUT2D eigenvalue weighted by Crippen LogP contribution is 2.18. The van der Waals surface area contributed by atoms with E-state index in [1.807, 2.05) is 37.3 Å². The summed E-state index contributed by atoms with van der Waals surface area (Å²) in [4.78, 5) is 6.79. The molecule has 0 aliphatic carbocycles. The van der Waals surface area contributed by atoms with Crippen molar-refractivity contribution < 1.29 is 5.21 Å². The van der Waals surface area contributed by atoms with Crippen molar-refractivity contribution in [2.24, 2.45) is 16.8 Å². The van der Waals surface area contributed by atoms with E-state index < -0.39 is 0 Å². The molecule has 1 unspecified atom stereocenters. The number of rotatable bonds is 5. The molecular weight excluding hydrogens is 252 g/mol. The van der Waals surface area contributed by atoms with Crippen molar-refractivity contribution in [3.8, 4) is 0 Å². The van der Waals surface area contributed by atoms with E-state index >= 15 is 0 Å². The predicted molar refractivity (Wildman–Crippen MR) is 82.2 cm³/mol. The zero-order chi connectivity index (χ0) is 14.5. The van der Waals surface area contributed by atoms with Gasteiger partial charge in [-0.15, -0.1) is 0 Å². The molecule has 0 aliphatic heterocycles. The Morgan fingerprint density at radius 2 is 2.10 bits per heavy atom. The molecule has 0 saturated heterocycles. The van der Waals surface area contributed by atoms with Crippen LogP contribution in [0.2, 0.25) is 0 Å². The van der Waals surface area contributed by atoms with Crippen LogP contribution in [-0.4, -0.2) is 29.1 Å². The van der Waals surface area contributed by atoms with Crippen molar-refractivity contribution in [1.82, 2.24) is 4.98 Å². The molecule has 0 bridgehead atoms. The summed E-state index contributed by atoms with van der Waals surface area (Å²) in [6.07, 6.45) is 0. The van der Waals surface area contributed by atoms with Crippen molar-refractivity contribution >= 4 is 22.6 Å². The summed E-state index contributed by atoms with van der Waals surface area (Å²) in [5.74, 6) is 1.11. The fourth-order valence-electron chi connectivity index (χ4n) is 2.14. The second kappa shape index (κ2) is 6.23. The summed E-state index contributed by atoms with van der Waals surface area (Å²) in [6.45, 7) is 5.47. The standard InChI is InChI=1S/C15H20N4O/c1-3-19(10-11(2)15(16)18-20)14-9-8-12-6-4-5-7-13(12)17-14/h4-9,11,20H,3,10H2,1-2H3,(H2,16,18). The molecule has 2 rings (SSSR count). The highest BCUT2D eigenvalue weighted by atomic mass is 16.4. The second-order valence-corrected chi connectivity index (χ2v) is 4.83. The minimum atomic E-state index is -0.0341. The van der Waals surface area contributed by atoms with Gasteiger partial charge in [0.15, 0.2) is 0 Å². The normalized spacial score (nSPS) is 13.4. The fourth-order valence-corrected chi connectivity index (χ4v) is 2.14. The lowest BCUT2D eigenvalue weighted by atomic mass is 10.1. The van der Waals surface area contributed by atoms with E-state index in [9.17, 15) is 0 Å². The molecule has 0 amide bonds. The van der Waals surface area contributed by atoms with Gasteiger partial charge in [0.1, 0.15) is 11.7 Å². The van der Waals surface area contributed by atoms with Gasteiger partial charge in [-0.1, -0.05) is 30.3 Å². The number of nitrogens with two attached hydrogens (primary N) is 1. The first-order valence-corrected chi connectivity index (χ1v) is 6.73. The summed E-state index contributed by atoms with van der Waals surface area (Å²) in [5, 5.41) is 12.9. The van der Waals surface area contributed by atoms with Crippen molar-refractivity contribution in [3.05, 3.63) is 36.4 Å². The number of hydrogen-bond donors (Lipinski definition) is 2. The molecule has 3 N–H and O–H groups in total. The van der Waals surface area contributed by atoms with Gasteiger partial charge in [0.25, 0.3) is 0 Å². The molecule has 5 nitrogen and oxygen atoms in total. The molecule has 0 spiro atoms. The van der Waals surface area contributed by atoms with Gasteiger partial charge in [0.2, 0.25) is 0 Å². The summed E-state index contributed by atoms with van der Waals surface area (Å²) < 4.78 is 0. The number of nitrogens with zero attached hydrogens (tertiary/aromatic N) is 3. The lowest BCUT2D eigenvalue weighted by Gasteiger charge is -2.25. The number of oxime groups is 1. The van der Waals surface area contributed by atoms with E-state index in [2.05, 4.69) is 28.0 Å². The molecule has 106 valence electrons. The average Bonchev–Trinajstić information content (AvgIpc) is 2.51. The number of fused-ring (bicyclic) bond motifs is 1. The molecule has 1 heterocycles. The summed E-state index contributed by atoms with van der Waals surface area (Å²) >= 11 is 0. The molecule has 1 atom stereocenters. The quantitative estimate of drug-likeness (QED) is 0.379. The number of amidine groups is 1. The number of anilines is 1. The second-order valence-electron chi connectivity index (χ2n) is 4.83. The number of aromatic nitrogens is 1. The van der Waals surface area contributed by atoms with Gasteiger partial charge in [0, 0.05) is 24.4 Å². The van der Waals surface area contributed by atoms with Crippen LogP contribution in [0.5, 0.6) is 0 Å². The number of hydrogen-bond acceptors (Lipinski definition) is 4. The highest BCUT2D eigenvalue weighted by Gasteiger charge is 2.14. The highest BCUT2D eigenvalue weighted by molar-refractivity contribution is 5.83. The van der Waals surface area contributed by atoms with Crippen LogP contribution in [0, 0.1) is 5.92 Å². The largest absolute Gasteiger partial charge is 0.409 e. The van der Waals surface area contributed by atoms with E-state index in [0.717, 1.165) is 23.3 Å². The summed E-state index contributed by atoms with van der Waals surface area (Å²) in [5.41, 5.74) is 6.61. The Balaban J connectivity index is 2.25. The van der Waals surface area contributed by atoms with Crippen LogP contribution in [0.15, 0.2) is 41.6 Å². The summed E-state index contributed by atoms with van der Waals surface area (Å²) in [6, 6.07) is 12.1. The number of para-hydroxylation sites is 1. The third kappa shape index (κ3) is 2.99. The van der Waals surface area contributed by atoms with Gasteiger partial charge in [-0.25, -0.2) is 4.98 Å². The first-order chi connectivity index (χ1) is 9.65. The minimum Gasteiger partial charge on any atom is -0.409 e. The fraction of sp³-hybridized carbons (Fsp3) is 0.333. The first kappa shape index (κ1) is 14.1. The number of benzene rings is 1.